The van der Waals surface area contributed by atoms with Crippen molar-refractivity contribution in [2.75, 3.05) is 18.5 Å². The minimum atomic E-state index is -0.524. The molecule has 2 aliphatic rings. The fourth-order valence-corrected chi connectivity index (χ4v) is 3.85. The minimum absolute atomic E-state index is 0.0953. The van der Waals surface area contributed by atoms with Gasteiger partial charge in [-0.25, -0.2) is 9.37 Å². The fraction of sp³-hybridized carbons (Fsp3) is 0.300. The van der Waals surface area contributed by atoms with E-state index in [2.05, 4.69) is 15.6 Å². The zero-order chi connectivity index (χ0) is 19.3. The number of carbonyl (C=O) groups excluding carboxylic acids is 1. The Morgan fingerprint density at radius 3 is 3.04 bits per heavy atom. The molecule has 1 fully saturated rings. The molecule has 2 atom stereocenters. The first kappa shape index (κ1) is 17.2. The topological polar surface area (TPSA) is 102 Å². The Morgan fingerprint density at radius 1 is 1.32 bits per heavy atom. The first-order valence-corrected chi connectivity index (χ1v) is 9.20. The Morgan fingerprint density at radius 2 is 2.18 bits per heavy atom. The summed E-state index contributed by atoms with van der Waals surface area (Å²) in [6.45, 7) is 1.08. The lowest BCUT2D eigenvalue weighted by Crippen LogP contribution is -2.48. The molecule has 4 heterocycles. The summed E-state index contributed by atoms with van der Waals surface area (Å²) in [6, 6.07) is 7.05. The van der Waals surface area contributed by atoms with Crippen molar-refractivity contribution >= 4 is 22.7 Å². The van der Waals surface area contributed by atoms with E-state index in [-0.39, 0.29) is 35.9 Å². The zero-order valence-electron chi connectivity index (χ0n) is 15.0. The SMILES string of the molecule is N[C@H]1COCC[C@H]1Nc1nc(-c2coc3ccccc23)c2c(c1F)CNC2=O. The predicted octanol–water partition coefficient (Wildman–Crippen LogP) is 2.41. The number of nitrogens with zero attached hydrogens (tertiary/aromatic N) is 1. The van der Waals surface area contributed by atoms with Crippen LogP contribution >= 0.6 is 0 Å². The molecule has 144 valence electrons. The maximum atomic E-state index is 15.2. The second kappa shape index (κ2) is 6.57. The molecule has 0 radical (unpaired) electrons. The van der Waals surface area contributed by atoms with Gasteiger partial charge in [-0.2, -0.15) is 0 Å². The van der Waals surface area contributed by atoms with E-state index in [1.54, 1.807) is 6.26 Å². The van der Waals surface area contributed by atoms with Crippen LogP contribution in [-0.2, 0) is 11.3 Å². The molecular weight excluding hydrogens is 363 g/mol. The average molecular weight is 382 g/mol. The molecule has 7 nitrogen and oxygen atoms in total. The smallest absolute Gasteiger partial charge is 0.254 e. The third-order valence-electron chi connectivity index (χ3n) is 5.35. The molecule has 28 heavy (non-hydrogen) atoms. The molecule has 1 aromatic carbocycles. The Balaban J connectivity index is 1.66. The van der Waals surface area contributed by atoms with Gasteiger partial charge in [0.2, 0.25) is 0 Å². The van der Waals surface area contributed by atoms with Crippen LogP contribution in [0.25, 0.3) is 22.2 Å². The zero-order valence-corrected chi connectivity index (χ0v) is 15.0. The Bertz CT molecular complexity index is 1080. The van der Waals surface area contributed by atoms with Crippen molar-refractivity contribution in [3.8, 4) is 11.3 Å². The predicted molar refractivity (Wildman–Crippen MR) is 101 cm³/mol. The van der Waals surface area contributed by atoms with Crippen LogP contribution < -0.4 is 16.4 Å². The van der Waals surface area contributed by atoms with Crippen LogP contribution in [-0.4, -0.2) is 36.2 Å². The van der Waals surface area contributed by atoms with Crippen molar-refractivity contribution in [1.29, 1.82) is 0 Å². The molecule has 0 aliphatic carbocycles. The van der Waals surface area contributed by atoms with E-state index >= 15 is 4.39 Å². The van der Waals surface area contributed by atoms with Gasteiger partial charge in [0.25, 0.3) is 5.91 Å². The summed E-state index contributed by atoms with van der Waals surface area (Å²) in [5, 5.41) is 6.64. The summed E-state index contributed by atoms with van der Waals surface area (Å²) in [6.07, 6.45) is 2.21. The monoisotopic (exact) mass is 382 g/mol. The third-order valence-corrected chi connectivity index (χ3v) is 5.35. The molecule has 5 rings (SSSR count). The highest BCUT2D eigenvalue weighted by Gasteiger charge is 2.32. The van der Waals surface area contributed by atoms with E-state index in [1.807, 2.05) is 24.3 Å². The van der Waals surface area contributed by atoms with E-state index in [9.17, 15) is 4.79 Å². The number of rotatable bonds is 3. The molecule has 4 N–H and O–H groups in total. The number of hydrogen-bond donors (Lipinski definition) is 3. The molecule has 0 spiro atoms. The summed E-state index contributed by atoms with van der Waals surface area (Å²) in [7, 11) is 0. The molecule has 0 unspecified atom stereocenters. The lowest BCUT2D eigenvalue weighted by Gasteiger charge is -2.30. The first-order valence-electron chi connectivity index (χ1n) is 9.20. The van der Waals surface area contributed by atoms with Gasteiger partial charge in [0.1, 0.15) is 11.8 Å². The van der Waals surface area contributed by atoms with Crippen molar-refractivity contribution in [2.45, 2.75) is 25.0 Å². The highest BCUT2D eigenvalue weighted by molar-refractivity contribution is 6.07. The number of nitrogens with two attached hydrogens (primary N) is 1. The number of halogens is 1. The standard InChI is InChI=1S/C20H19FN4O3/c21-17-11-7-23-20(26)16(11)18(12-8-28-15-4-2-1-3-10(12)15)25-19(17)24-14-5-6-27-9-13(14)22/h1-4,8,13-14H,5-7,9,22H2,(H,23,26)(H,24,25)/t13-,14+/m0/s1. The number of pyridine rings is 1. The fourth-order valence-electron chi connectivity index (χ4n) is 3.85. The average Bonchev–Trinajstić information content (AvgIpc) is 3.30. The van der Waals surface area contributed by atoms with Crippen LogP contribution in [0.1, 0.15) is 22.3 Å². The number of benzene rings is 1. The summed E-state index contributed by atoms with van der Waals surface area (Å²) < 4.78 is 26.1. The molecule has 1 amide bonds. The van der Waals surface area contributed by atoms with Crippen molar-refractivity contribution in [1.82, 2.24) is 10.3 Å². The normalized spacial score (nSPS) is 21.6. The van der Waals surface area contributed by atoms with Crippen LogP contribution in [0.5, 0.6) is 0 Å². The Kier molecular flexibility index (Phi) is 4.03. The van der Waals surface area contributed by atoms with E-state index in [0.29, 0.717) is 42.0 Å². The number of carbonyl (C=O) groups is 1. The molecule has 1 saturated heterocycles. The Labute approximate surface area is 160 Å². The van der Waals surface area contributed by atoms with E-state index in [0.717, 1.165) is 5.39 Å². The van der Waals surface area contributed by atoms with Crippen molar-refractivity contribution in [2.24, 2.45) is 5.73 Å². The van der Waals surface area contributed by atoms with Gasteiger partial charge in [-0.1, -0.05) is 18.2 Å². The lowest BCUT2D eigenvalue weighted by molar-refractivity contribution is 0.0751. The maximum Gasteiger partial charge on any atom is 0.254 e. The number of hydrogen-bond acceptors (Lipinski definition) is 6. The summed E-state index contributed by atoms with van der Waals surface area (Å²) in [5.74, 6) is -0.766. The highest BCUT2D eigenvalue weighted by Crippen LogP contribution is 2.37. The van der Waals surface area contributed by atoms with Gasteiger partial charge < -0.3 is 25.5 Å². The van der Waals surface area contributed by atoms with Crippen LogP contribution in [0.2, 0.25) is 0 Å². The van der Waals surface area contributed by atoms with Gasteiger partial charge in [0.15, 0.2) is 11.6 Å². The van der Waals surface area contributed by atoms with Gasteiger partial charge >= 0.3 is 0 Å². The lowest BCUT2D eigenvalue weighted by atomic mass is 10.0. The number of ether oxygens (including phenoxy) is 1. The number of furan rings is 1. The Hall–Kier alpha value is -2.97. The summed E-state index contributed by atoms with van der Waals surface area (Å²) in [5.41, 5.74) is 8.40. The van der Waals surface area contributed by atoms with Crippen LogP contribution in [0, 0.1) is 5.82 Å². The van der Waals surface area contributed by atoms with Crippen molar-refractivity contribution < 1.29 is 18.3 Å². The summed E-state index contributed by atoms with van der Waals surface area (Å²) in [4.78, 5) is 16.9. The molecule has 2 aliphatic heterocycles. The molecule has 3 aromatic rings. The highest BCUT2D eigenvalue weighted by atomic mass is 19.1. The number of fused-ring (bicyclic) bond motifs is 2. The van der Waals surface area contributed by atoms with Gasteiger partial charge in [0, 0.05) is 41.7 Å². The molecule has 2 aromatic heterocycles. The van der Waals surface area contributed by atoms with Crippen molar-refractivity contribution in [3.63, 3.8) is 0 Å². The molecule has 8 heteroatoms. The van der Waals surface area contributed by atoms with Crippen LogP contribution in [0.4, 0.5) is 10.2 Å². The second-order valence-electron chi connectivity index (χ2n) is 7.08. The maximum absolute atomic E-state index is 15.2. The quantitative estimate of drug-likeness (QED) is 0.643. The number of anilines is 1. The van der Waals surface area contributed by atoms with Gasteiger partial charge in [-0.15, -0.1) is 0 Å². The molecular formula is C20H19FN4O3. The third kappa shape index (κ3) is 2.64. The molecule has 0 saturated carbocycles. The van der Waals surface area contributed by atoms with Crippen molar-refractivity contribution in [3.05, 3.63) is 47.5 Å². The minimum Gasteiger partial charge on any atom is -0.464 e. The number of nitrogens with one attached hydrogen (secondary N) is 2. The largest absolute Gasteiger partial charge is 0.464 e. The van der Waals surface area contributed by atoms with Crippen LogP contribution in [0.3, 0.4) is 0 Å². The van der Waals surface area contributed by atoms with Gasteiger partial charge in [-0.3, -0.25) is 4.79 Å². The van der Waals surface area contributed by atoms with Gasteiger partial charge in [0.05, 0.1) is 17.9 Å². The number of para-hydroxylation sites is 1. The van der Waals surface area contributed by atoms with E-state index in [4.69, 9.17) is 14.9 Å². The van der Waals surface area contributed by atoms with E-state index in [1.165, 1.54) is 0 Å². The summed E-state index contributed by atoms with van der Waals surface area (Å²) >= 11 is 0. The first-order chi connectivity index (χ1) is 13.6. The van der Waals surface area contributed by atoms with E-state index < -0.39 is 5.82 Å². The second-order valence-corrected chi connectivity index (χ2v) is 7.08. The van der Waals surface area contributed by atoms with Crippen LogP contribution in [0.15, 0.2) is 34.9 Å². The number of amides is 1. The van der Waals surface area contributed by atoms with Gasteiger partial charge in [-0.05, 0) is 12.5 Å². The molecule has 0 bridgehead atoms. The number of aromatic nitrogens is 1.